The summed E-state index contributed by atoms with van der Waals surface area (Å²) < 4.78 is 78.2. The van der Waals surface area contributed by atoms with Crippen molar-refractivity contribution in [2.45, 2.75) is 48.5 Å². The van der Waals surface area contributed by atoms with Gasteiger partial charge in [-0.3, -0.25) is 14.4 Å². The van der Waals surface area contributed by atoms with Gasteiger partial charge in [0, 0.05) is 42.3 Å². The minimum atomic E-state index is -4.76. The number of alkyl halides is 3. The quantitative estimate of drug-likeness (QED) is 0.522. The largest absolute Gasteiger partial charge is 0.416 e. The number of amides is 3. The zero-order valence-electron chi connectivity index (χ0n) is 20.7. The van der Waals surface area contributed by atoms with E-state index in [-0.39, 0.29) is 46.9 Å². The third-order valence-electron chi connectivity index (χ3n) is 7.59. The molecule has 3 fully saturated rings. The predicted molar refractivity (Wildman–Crippen MR) is 129 cm³/mol. The van der Waals surface area contributed by atoms with Crippen LogP contribution in [-0.4, -0.2) is 55.9 Å². The van der Waals surface area contributed by atoms with Crippen molar-refractivity contribution in [2.75, 3.05) is 12.8 Å². The summed E-state index contributed by atoms with van der Waals surface area (Å²) in [6, 6.07) is 5.24. The SMILES string of the molecule is CS(=O)(=O)c1cccc(C(=O)N2[C@@H](C(=O)NC(c3ccc(C(F)(F)F)cc3F)C3CNC(=O)C3)C[C@H]3C[C@H]32)c1. The Morgan fingerprint density at radius 3 is 2.49 bits per heavy atom. The fraction of sp³-hybridized carbons (Fsp3) is 0.423. The molecule has 5 atom stereocenters. The van der Waals surface area contributed by atoms with Crippen LogP contribution in [0.5, 0.6) is 0 Å². The van der Waals surface area contributed by atoms with E-state index in [0.717, 1.165) is 18.4 Å². The van der Waals surface area contributed by atoms with Crippen molar-refractivity contribution < 1.29 is 40.4 Å². The Morgan fingerprint density at radius 2 is 1.87 bits per heavy atom. The van der Waals surface area contributed by atoms with Crippen LogP contribution in [0.25, 0.3) is 0 Å². The molecular formula is C26H25F4N3O5S. The first-order chi connectivity index (χ1) is 18.2. The number of sulfone groups is 1. The highest BCUT2D eigenvalue weighted by Crippen LogP contribution is 2.48. The molecule has 2 N–H and O–H groups in total. The number of carbonyl (C=O) groups excluding carboxylic acids is 3. The lowest BCUT2D eigenvalue weighted by atomic mass is 9.90. The molecule has 0 radical (unpaired) electrons. The maximum absolute atomic E-state index is 15.0. The highest BCUT2D eigenvalue weighted by molar-refractivity contribution is 7.90. The predicted octanol–water partition coefficient (Wildman–Crippen LogP) is 2.84. The molecule has 1 aliphatic carbocycles. The van der Waals surface area contributed by atoms with Crippen molar-refractivity contribution >= 4 is 27.6 Å². The molecule has 0 spiro atoms. The van der Waals surface area contributed by atoms with E-state index < -0.39 is 57.2 Å². The molecule has 1 saturated carbocycles. The van der Waals surface area contributed by atoms with Gasteiger partial charge in [-0.25, -0.2) is 12.8 Å². The maximum atomic E-state index is 15.0. The molecule has 2 heterocycles. The van der Waals surface area contributed by atoms with Crippen LogP contribution in [0.1, 0.15) is 46.8 Å². The monoisotopic (exact) mass is 567 g/mol. The number of hydrogen-bond acceptors (Lipinski definition) is 5. The van der Waals surface area contributed by atoms with E-state index in [1.165, 1.54) is 29.2 Å². The zero-order chi connectivity index (χ0) is 28.3. The average Bonchev–Trinajstić information content (AvgIpc) is 3.31. The first kappa shape index (κ1) is 27.1. The maximum Gasteiger partial charge on any atom is 0.416 e. The van der Waals surface area contributed by atoms with Gasteiger partial charge in [-0.2, -0.15) is 13.2 Å². The summed E-state index contributed by atoms with van der Waals surface area (Å²) in [6.45, 7) is 0.0844. The fourth-order valence-corrected chi connectivity index (χ4v) is 6.18. The number of rotatable bonds is 6. The number of fused-ring (bicyclic) bond motifs is 1. The molecule has 3 amide bonds. The molecule has 3 aliphatic rings. The Balaban J connectivity index is 1.42. The molecule has 208 valence electrons. The van der Waals surface area contributed by atoms with Crippen LogP contribution in [0.2, 0.25) is 0 Å². The van der Waals surface area contributed by atoms with Crippen molar-refractivity contribution in [3.63, 3.8) is 0 Å². The van der Waals surface area contributed by atoms with Gasteiger partial charge < -0.3 is 15.5 Å². The molecule has 2 aliphatic heterocycles. The van der Waals surface area contributed by atoms with Crippen molar-refractivity contribution in [1.29, 1.82) is 0 Å². The number of nitrogens with zero attached hydrogens (tertiary/aromatic N) is 1. The van der Waals surface area contributed by atoms with E-state index >= 15 is 0 Å². The number of piperidine rings is 1. The highest BCUT2D eigenvalue weighted by Gasteiger charge is 2.56. The molecule has 2 saturated heterocycles. The first-order valence-corrected chi connectivity index (χ1v) is 14.2. The van der Waals surface area contributed by atoms with E-state index in [1.807, 2.05) is 0 Å². The Bertz CT molecular complexity index is 1460. The second kappa shape index (κ2) is 9.61. The second-order valence-electron chi connectivity index (χ2n) is 10.3. The van der Waals surface area contributed by atoms with Gasteiger partial charge in [-0.15, -0.1) is 0 Å². The smallest absolute Gasteiger partial charge is 0.356 e. The molecule has 2 unspecified atom stereocenters. The fourth-order valence-electron chi connectivity index (χ4n) is 5.51. The van der Waals surface area contributed by atoms with Crippen LogP contribution in [0.3, 0.4) is 0 Å². The van der Waals surface area contributed by atoms with Gasteiger partial charge in [0.15, 0.2) is 9.84 Å². The molecule has 0 bridgehead atoms. The van der Waals surface area contributed by atoms with Crippen molar-refractivity contribution in [1.82, 2.24) is 15.5 Å². The second-order valence-corrected chi connectivity index (χ2v) is 12.3. The summed E-state index contributed by atoms with van der Waals surface area (Å²) in [4.78, 5) is 40.2. The van der Waals surface area contributed by atoms with Gasteiger partial charge in [0.05, 0.1) is 16.5 Å². The molecular weight excluding hydrogens is 542 g/mol. The summed E-state index contributed by atoms with van der Waals surface area (Å²) in [5.74, 6) is -3.22. The number of nitrogens with one attached hydrogen (secondary N) is 2. The third-order valence-corrected chi connectivity index (χ3v) is 8.70. The van der Waals surface area contributed by atoms with Crippen LogP contribution in [0.15, 0.2) is 47.4 Å². The number of likely N-dealkylation sites (tertiary alicyclic amines) is 1. The minimum absolute atomic E-state index is 0.0443. The van der Waals surface area contributed by atoms with Crippen LogP contribution in [0, 0.1) is 17.7 Å². The lowest BCUT2D eigenvalue weighted by molar-refractivity contribution is -0.137. The number of benzene rings is 2. The van der Waals surface area contributed by atoms with Crippen molar-refractivity contribution in [3.8, 4) is 0 Å². The van der Waals surface area contributed by atoms with Crippen LogP contribution in [-0.2, 0) is 25.6 Å². The van der Waals surface area contributed by atoms with Gasteiger partial charge >= 0.3 is 6.18 Å². The topological polar surface area (TPSA) is 113 Å². The number of carbonyl (C=O) groups is 3. The van der Waals surface area contributed by atoms with E-state index in [9.17, 15) is 40.4 Å². The molecule has 0 aromatic heterocycles. The van der Waals surface area contributed by atoms with E-state index in [1.54, 1.807) is 0 Å². The summed E-state index contributed by atoms with van der Waals surface area (Å²) in [5, 5.41) is 5.30. The summed E-state index contributed by atoms with van der Waals surface area (Å²) in [7, 11) is -3.58. The molecule has 5 rings (SSSR count). The van der Waals surface area contributed by atoms with E-state index in [2.05, 4.69) is 10.6 Å². The van der Waals surface area contributed by atoms with Crippen molar-refractivity contribution in [3.05, 3.63) is 65.0 Å². The van der Waals surface area contributed by atoms with Crippen molar-refractivity contribution in [2.24, 2.45) is 11.8 Å². The van der Waals surface area contributed by atoms with Gasteiger partial charge in [0.1, 0.15) is 11.9 Å². The van der Waals surface area contributed by atoms with Gasteiger partial charge in [0.2, 0.25) is 11.8 Å². The summed E-state index contributed by atoms with van der Waals surface area (Å²) in [5.41, 5.74) is -1.28. The number of hydrogen-bond donors (Lipinski definition) is 2. The molecule has 39 heavy (non-hydrogen) atoms. The minimum Gasteiger partial charge on any atom is -0.356 e. The normalized spacial score (nSPS) is 25.2. The zero-order valence-corrected chi connectivity index (χ0v) is 21.5. The van der Waals surface area contributed by atoms with E-state index in [4.69, 9.17) is 0 Å². The van der Waals surface area contributed by atoms with Gasteiger partial charge in [0.25, 0.3) is 5.91 Å². The summed E-state index contributed by atoms with van der Waals surface area (Å²) >= 11 is 0. The Labute approximate surface area is 221 Å². The Kier molecular flexibility index (Phi) is 6.68. The lowest BCUT2D eigenvalue weighted by Gasteiger charge is -2.31. The highest BCUT2D eigenvalue weighted by atomic mass is 32.2. The van der Waals surface area contributed by atoms with Crippen LogP contribution in [0.4, 0.5) is 17.6 Å². The Hall–Kier alpha value is -3.48. The van der Waals surface area contributed by atoms with Gasteiger partial charge in [-0.1, -0.05) is 12.1 Å². The van der Waals surface area contributed by atoms with Crippen LogP contribution >= 0.6 is 0 Å². The lowest BCUT2D eigenvalue weighted by Crippen LogP contribution is -2.49. The molecule has 13 heteroatoms. The van der Waals surface area contributed by atoms with Crippen LogP contribution < -0.4 is 10.6 Å². The van der Waals surface area contributed by atoms with Gasteiger partial charge in [-0.05, 0) is 49.1 Å². The first-order valence-electron chi connectivity index (χ1n) is 12.3. The molecule has 8 nitrogen and oxygen atoms in total. The third kappa shape index (κ3) is 5.36. The standard InChI is InChI=1S/C26H25F4N3O5S/c1-39(37,38)17-4-2-3-13(7-17)25(36)33-20-8-14(20)9-21(33)24(35)32-23(15-10-22(34)31-12-15)18-6-5-16(11-19(18)27)26(28,29)30/h2-7,11,14-15,20-21,23H,8-10,12H2,1H3,(H,31,34)(H,32,35)/t14-,15?,20-,21-,23?/m1/s1. The molecule has 2 aromatic rings. The summed E-state index contributed by atoms with van der Waals surface area (Å²) in [6.07, 6.45) is -2.80. The molecule has 2 aromatic carbocycles. The Morgan fingerprint density at radius 1 is 1.13 bits per heavy atom. The average molecular weight is 568 g/mol. The van der Waals surface area contributed by atoms with E-state index in [0.29, 0.717) is 18.9 Å². The number of halogens is 4.